The van der Waals surface area contributed by atoms with Gasteiger partial charge in [-0.05, 0) is 27.2 Å². The summed E-state index contributed by atoms with van der Waals surface area (Å²) in [7, 11) is 0. The van der Waals surface area contributed by atoms with Crippen molar-refractivity contribution in [3.05, 3.63) is 0 Å². The van der Waals surface area contributed by atoms with Gasteiger partial charge in [-0.1, -0.05) is 6.92 Å². The van der Waals surface area contributed by atoms with Crippen molar-refractivity contribution in [2.45, 2.75) is 45.7 Å². The monoisotopic (exact) mass is 143 g/mol. The first-order chi connectivity index (χ1) is 4.52. The molecule has 10 heavy (non-hydrogen) atoms. The van der Waals surface area contributed by atoms with E-state index in [1.807, 2.05) is 13.8 Å². The van der Waals surface area contributed by atoms with Gasteiger partial charge in [0, 0.05) is 6.04 Å². The van der Waals surface area contributed by atoms with Crippen molar-refractivity contribution in [2.75, 3.05) is 0 Å². The quantitative estimate of drug-likeness (QED) is 0.602. The van der Waals surface area contributed by atoms with Crippen molar-refractivity contribution in [1.29, 1.82) is 0 Å². The lowest BCUT2D eigenvalue weighted by Crippen LogP contribution is -2.45. The Balaban J connectivity index is 3.75. The van der Waals surface area contributed by atoms with Crippen LogP contribution in [0.3, 0.4) is 0 Å². The maximum atomic E-state index is 10.4. The second-order valence-corrected chi connectivity index (χ2v) is 3.29. The van der Waals surface area contributed by atoms with Crippen LogP contribution in [0.1, 0.15) is 34.1 Å². The molecule has 0 aliphatic heterocycles. The Hall–Kier alpha value is -0.370. The van der Waals surface area contributed by atoms with Crippen molar-refractivity contribution in [2.24, 2.45) is 0 Å². The summed E-state index contributed by atoms with van der Waals surface area (Å²) in [5.41, 5.74) is -0.366. The molecule has 0 amide bonds. The normalized spacial score (nSPS) is 14.8. The molecular formula is C8H17NO. The summed E-state index contributed by atoms with van der Waals surface area (Å²) in [6.45, 7) is 7.93. The Labute approximate surface area is 63.0 Å². The Bertz CT molecular complexity index is 110. The Morgan fingerprint density at radius 1 is 1.60 bits per heavy atom. The standard InChI is InChI=1S/C8H17NO/c1-5-7(2)9-8(3,4)6-10/h6-7,9H,5H2,1-4H3. The van der Waals surface area contributed by atoms with E-state index in [0.717, 1.165) is 12.7 Å². The molecule has 0 aliphatic carbocycles. The van der Waals surface area contributed by atoms with E-state index in [1.54, 1.807) is 0 Å². The average molecular weight is 143 g/mol. The third-order valence-electron chi connectivity index (χ3n) is 1.53. The summed E-state index contributed by atoms with van der Waals surface area (Å²) in [6.07, 6.45) is 2.00. The topological polar surface area (TPSA) is 29.1 Å². The minimum absolute atomic E-state index is 0.366. The molecule has 0 spiro atoms. The summed E-state index contributed by atoms with van der Waals surface area (Å²) in [5, 5.41) is 3.19. The number of hydrogen-bond acceptors (Lipinski definition) is 2. The zero-order valence-electron chi connectivity index (χ0n) is 7.27. The molecule has 1 N–H and O–H groups in total. The molecule has 0 saturated heterocycles. The van der Waals surface area contributed by atoms with E-state index < -0.39 is 0 Å². The summed E-state index contributed by atoms with van der Waals surface area (Å²) in [5.74, 6) is 0. The van der Waals surface area contributed by atoms with Crippen molar-refractivity contribution in [3.63, 3.8) is 0 Å². The highest BCUT2D eigenvalue weighted by Crippen LogP contribution is 2.00. The highest BCUT2D eigenvalue weighted by Gasteiger charge is 2.16. The highest BCUT2D eigenvalue weighted by atomic mass is 16.1. The van der Waals surface area contributed by atoms with Gasteiger partial charge in [0.05, 0.1) is 5.54 Å². The molecule has 0 saturated carbocycles. The molecule has 0 rings (SSSR count). The largest absolute Gasteiger partial charge is 0.303 e. The van der Waals surface area contributed by atoms with Gasteiger partial charge >= 0.3 is 0 Å². The molecule has 1 atom stereocenters. The molecule has 0 fully saturated rings. The van der Waals surface area contributed by atoms with Gasteiger partial charge in [0.1, 0.15) is 6.29 Å². The Morgan fingerprint density at radius 2 is 2.10 bits per heavy atom. The number of rotatable bonds is 4. The molecule has 1 unspecified atom stereocenters. The van der Waals surface area contributed by atoms with Crippen LogP contribution in [0.4, 0.5) is 0 Å². The summed E-state index contributed by atoms with van der Waals surface area (Å²) in [4.78, 5) is 10.4. The highest BCUT2D eigenvalue weighted by molar-refractivity contribution is 5.62. The van der Waals surface area contributed by atoms with E-state index in [9.17, 15) is 4.79 Å². The van der Waals surface area contributed by atoms with Crippen LogP contribution in [-0.4, -0.2) is 17.9 Å². The molecule has 0 aromatic heterocycles. The van der Waals surface area contributed by atoms with Gasteiger partial charge in [-0.25, -0.2) is 0 Å². The van der Waals surface area contributed by atoms with Gasteiger partial charge < -0.3 is 10.1 Å². The average Bonchev–Trinajstić information content (AvgIpc) is 1.87. The number of nitrogens with one attached hydrogen (secondary N) is 1. The van der Waals surface area contributed by atoms with Crippen molar-refractivity contribution >= 4 is 6.29 Å². The molecule has 0 radical (unpaired) electrons. The maximum Gasteiger partial charge on any atom is 0.139 e. The Morgan fingerprint density at radius 3 is 2.40 bits per heavy atom. The van der Waals surface area contributed by atoms with E-state index in [0.29, 0.717) is 6.04 Å². The maximum absolute atomic E-state index is 10.4. The fraction of sp³-hybridized carbons (Fsp3) is 0.875. The lowest BCUT2D eigenvalue weighted by molar-refractivity contribution is -0.112. The SMILES string of the molecule is CCC(C)NC(C)(C)C=O. The van der Waals surface area contributed by atoms with Crippen LogP contribution in [0.15, 0.2) is 0 Å². The second kappa shape index (κ2) is 3.71. The fourth-order valence-electron chi connectivity index (χ4n) is 0.771. The van der Waals surface area contributed by atoms with Crippen molar-refractivity contribution < 1.29 is 4.79 Å². The molecule has 0 aliphatic rings. The summed E-state index contributed by atoms with van der Waals surface area (Å²) >= 11 is 0. The van der Waals surface area contributed by atoms with E-state index in [2.05, 4.69) is 19.2 Å². The third-order valence-corrected chi connectivity index (χ3v) is 1.53. The Kier molecular flexibility index (Phi) is 3.58. The van der Waals surface area contributed by atoms with Crippen LogP contribution in [-0.2, 0) is 4.79 Å². The van der Waals surface area contributed by atoms with Crippen LogP contribution in [0.2, 0.25) is 0 Å². The van der Waals surface area contributed by atoms with E-state index in [1.165, 1.54) is 0 Å². The molecule has 2 nitrogen and oxygen atoms in total. The van der Waals surface area contributed by atoms with Crippen LogP contribution in [0.25, 0.3) is 0 Å². The van der Waals surface area contributed by atoms with Crippen LogP contribution in [0, 0.1) is 0 Å². The van der Waals surface area contributed by atoms with Crippen LogP contribution >= 0.6 is 0 Å². The lowest BCUT2D eigenvalue weighted by Gasteiger charge is -2.23. The van der Waals surface area contributed by atoms with E-state index >= 15 is 0 Å². The predicted octanol–water partition coefficient (Wildman–Crippen LogP) is 1.35. The second-order valence-electron chi connectivity index (χ2n) is 3.29. The third kappa shape index (κ3) is 3.62. The van der Waals surface area contributed by atoms with Gasteiger partial charge in [0.25, 0.3) is 0 Å². The zero-order chi connectivity index (χ0) is 8.20. The molecule has 0 heterocycles. The van der Waals surface area contributed by atoms with Crippen molar-refractivity contribution in [1.82, 2.24) is 5.32 Å². The van der Waals surface area contributed by atoms with Crippen LogP contribution < -0.4 is 5.32 Å². The summed E-state index contributed by atoms with van der Waals surface area (Å²) in [6, 6.07) is 0.417. The minimum atomic E-state index is -0.366. The molecule has 0 aromatic carbocycles. The van der Waals surface area contributed by atoms with Gasteiger partial charge in [0.2, 0.25) is 0 Å². The minimum Gasteiger partial charge on any atom is -0.303 e. The molecular weight excluding hydrogens is 126 g/mol. The predicted molar refractivity (Wildman–Crippen MR) is 43.0 cm³/mol. The lowest BCUT2D eigenvalue weighted by atomic mass is 10.1. The first-order valence-electron chi connectivity index (χ1n) is 3.76. The molecule has 0 bridgehead atoms. The number of carbonyl (C=O) groups is 1. The first-order valence-corrected chi connectivity index (χ1v) is 3.76. The fourth-order valence-corrected chi connectivity index (χ4v) is 0.771. The molecule has 2 heteroatoms. The van der Waals surface area contributed by atoms with E-state index in [4.69, 9.17) is 0 Å². The van der Waals surface area contributed by atoms with Crippen molar-refractivity contribution in [3.8, 4) is 0 Å². The van der Waals surface area contributed by atoms with E-state index in [-0.39, 0.29) is 5.54 Å². The number of hydrogen-bond donors (Lipinski definition) is 1. The van der Waals surface area contributed by atoms with Crippen LogP contribution in [0.5, 0.6) is 0 Å². The number of aldehydes is 1. The summed E-state index contributed by atoms with van der Waals surface area (Å²) < 4.78 is 0. The van der Waals surface area contributed by atoms with Gasteiger partial charge in [-0.15, -0.1) is 0 Å². The van der Waals surface area contributed by atoms with Gasteiger partial charge in [-0.2, -0.15) is 0 Å². The first kappa shape index (κ1) is 9.63. The number of carbonyl (C=O) groups excluding carboxylic acids is 1. The van der Waals surface area contributed by atoms with Gasteiger partial charge in [-0.3, -0.25) is 0 Å². The smallest absolute Gasteiger partial charge is 0.139 e. The molecule has 60 valence electrons. The van der Waals surface area contributed by atoms with Gasteiger partial charge in [0.15, 0.2) is 0 Å². The zero-order valence-corrected chi connectivity index (χ0v) is 7.27. The molecule has 0 aromatic rings.